The van der Waals surface area contributed by atoms with Crippen molar-refractivity contribution in [3.8, 4) is 0 Å². The summed E-state index contributed by atoms with van der Waals surface area (Å²) in [4.78, 5) is 18.3. The molecule has 0 spiro atoms. The van der Waals surface area contributed by atoms with Gasteiger partial charge in [-0.25, -0.2) is 0 Å². The molecule has 1 aromatic rings. The molecule has 5 aliphatic rings. The van der Waals surface area contributed by atoms with Gasteiger partial charge in [0.1, 0.15) is 0 Å². The molecule has 5 fully saturated rings. The Labute approximate surface area is 150 Å². The zero-order valence-corrected chi connectivity index (χ0v) is 14.8. The summed E-state index contributed by atoms with van der Waals surface area (Å²) in [6.45, 7) is 4.83. The number of ether oxygens (including phenoxy) is 1. The summed E-state index contributed by atoms with van der Waals surface area (Å²) in [5, 5.41) is 0. The summed E-state index contributed by atoms with van der Waals surface area (Å²) in [6, 6.07) is 11.9. The highest BCUT2D eigenvalue weighted by Crippen LogP contribution is 2.47. The van der Waals surface area contributed by atoms with Gasteiger partial charge in [0.2, 0.25) is 5.91 Å². The molecule has 0 unspecified atom stereocenters. The molecule has 25 heavy (non-hydrogen) atoms. The normalized spacial score (nSPS) is 37.9. The minimum atomic E-state index is 0.180. The highest BCUT2D eigenvalue weighted by molar-refractivity contribution is 5.80. The first kappa shape index (κ1) is 15.8. The van der Waals surface area contributed by atoms with Crippen LogP contribution in [0.1, 0.15) is 37.2 Å². The Kier molecular flexibility index (Phi) is 4.05. The van der Waals surface area contributed by atoms with Gasteiger partial charge < -0.3 is 9.64 Å². The summed E-state index contributed by atoms with van der Waals surface area (Å²) in [7, 11) is 0. The number of fused-ring (bicyclic) bond motifs is 2. The minimum Gasteiger partial charge on any atom is -0.381 e. The van der Waals surface area contributed by atoms with E-state index in [0.717, 1.165) is 32.6 Å². The van der Waals surface area contributed by atoms with Crippen molar-refractivity contribution < 1.29 is 9.53 Å². The van der Waals surface area contributed by atoms with Gasteiger partial charge in [-0.2, -0.15) is 0 Å². The van der Waals surface area contributed by atoms with Gasteiger partial charge in [0.15, 0.2) is 0 Å². The molecule has 6 rings (SSSR count). The molecule has 4 nitrogen and oxygen atoms in total. The van der Waals surface area contributed by atoms with E-state index in [1.807, 2.05) is 0 Å². The topological polar surface area (TPSA) is 32.8 Å². The minimum absolute atomic E-state index is 0.180. The molecular formula is C21H28N2O2. The predicted octanol–water partition coefficient (Wildman–Crippen LogP) is 2.50. The van der Waals surface area contributed by atoms with E-state index in [1.165, 1.54) is 31.5 Å². The largest absolute Gasteiger partial charge is 0.381 e. The number of likely N-dealkylation sites (tertiary alicyclic amines) is 1. The molecule has 134 valence electrons. The number of carbonyl (C=O) groups excluding carboxylic acids is 1. The number of hydrogen-bond acceptors (Lipinski definition) is 3. The lowest BCUT2D eigenvalue weighted by Gasteiger charge is -2.51. The average Bonchev–Trinajstić information content (AvgIpc) is 3.12. The lowest BCUT2D eigenvalue weighted by Crippen LogP contribution is -2.61. The van der Waals surface area contributed by atoms with E-state index in [4.69, 9.17) is 4.74 Å². The summed E-state index contributed by atoms with van der Waals surface area (Å²) in [5.41, 5.74) is 1.41. The van der Waals surface area contributed by atoms with Gasteiger partial charge in [0, 0.05) is 37.6 Å². The molecule has 0 N–H and O–H groups in total. The molecule has 5 saturated heterocycles. The van der Waals surface area contributed by atoms with E-state index in [0.29, 0.717) is 29.8 Å². The van der Waals surface area contributed by atoms with E-state index in [-0.39, 0.29) is 5.92 Å². The quantitative estimate of drug-likeness (QED) is 0.829. The Hall–Kier alpha value is -1.39. The number of amides is 1. The van der Waals surface area contributed by atoms with Gasteiger partial charge in [-0.1, -0.05) is 30.3 Å². The van der Waals surface area contributed by atoms with Crippen LogP contribution in [0, 0.1) is 11.8 Å². The Morgan fingerprint density at radius 2 is 1.68 bits per heavy atom. The fourth-order valence-corrected chi connectivity index (χ4v) is 5.85. The van der Waals surface area contributed by atoms with Crippen LogP contribution in [0.15, 0.2) is 30.3 Å². The second kappa shape index (κ2) is 6.40. The number of nitrogens with zero attached hydrogens (tertiary/aromatic N) is 2. The maximum absolute atomic E-state index is 13.4. The van der Waals surface area contributed by atoms with Crippen molar-refractivity contribution in [2.75, 3.05) is 32.8 Å². The van der Waals surface area contributed by atoms with Gasteiger partial charge in [0.05, 0.1) is 6.04 Å². The van der Waals surface area contributed by atoms with E-state index in [1.54, 1.807) is 0 Å². The highest BCUT2D eigenvalue weighted by atomic mass is 16.5. The monoisotopic (exact) mass is 340 g/mol. The van der Waals surface area contributed by atoms with Crippen molar-refractivity contribution in [1.82, 2.24) is 9.80 Å². The molecule has 1 aromatic carbocycles. The van der Waals surface area contributed by atoms with Crippen LogP contribution < -0.4 is 0 Å². The SMILES string of the molecule is O=C(C1CCOCC1)N1C[C@H](c2ccccc2)[C@@H]2[C@H]1C1CCN2CC1. The zero-order valence-electron chi connectivity index (χ0n) is 14.8. The van der Waals surface area contributed by atoms with Gasteiger partial charge in [-0.15, -0.1) is 0 Å². The number of piperidine rings is 3. The standard InChI is InChI=1S/C21H28N2O2/c24-21(17-8-12-25-13-9-17)23-14-18(15-4-2-1-3-5-15)20-19(23)16-6-10-22(20)11-7-16/h1-5,16-20H,6-14H2/t18-,19-,20-/m1/s1. The number of carbonyl (C=O) groups is 1. The van der Waals surface area contributed by atoms with Crippen LogP contribution in [0.2, 0.25) is 0 Å². The number of benzene rings is 1. The van der Waals surface area contributed by atoms with Crippen LogP contribution in [0.25, 0.3) is 0 Å². The Morgan fingerprint density at radius 3 is 2.40 bits per heavy atom. The molecule has 2 bridgehead atoms. The second-order valence-corrected chi connectivity index (χ2v) is 8.25. The molecule has 5 aliphatic heterocycles. The lowest BCUT2D eigenvalue weighted by atomic mass is 9.75. The molecule has 0 saturated carbocycles. The first-order chi connectivity index (χ1) is 12.3. The molecule has 0 aromatic heterocycles. The van der Waals surface area contributed by atoms with Crippen molar-refractivity contribution in [3.05, 3.63) is 35.9 Å². The molecule has 1 amide bonds. The third-order valence-electron chi connectivity index (χ3n) is 7.08. The lowest BCUT2D eigenvalue weighted by molar-refractivity contribution is -0.143. The zero-order chi connectivity index (χ0) is 16.8. The van der Waals surface area contributed by atoms with Gasteiger partial charge in [-0.05, 0) is 50.3 Å². The van der Waals surface area contributed by atoms with Crippen LogP contribution >= 0.6 is 0 Å². The van der Waals surface area contributed by atoms with Crippen LogP contribution in [0.5, 0.6) is 0 Å². The van der Waals surface area contributed by atoms with Crippen molar-refractivity contribution in [3.63, 3.8) is 0 Å². The Bertz CT molecular complexity index is 620. The summed E-state index contributed by atoms with van der Waals surface area (Å²) in [6.07, 6.45) is 4.33. The van der Waals surface area contributed by atoms with E-state index in [9.17, 15) is 4.79 Å². The molecule has 0 radical (unpaired) electrons. The third-order valence-corrected chi connectivity index (χ3v) is 7.08. The molecule has 0 aliphatic carbocycles. The van der Waals surface area contributed by atoms with E-state index in [2.05, 4.69) is 40.1 Å². The van der Waals surface area contributed by atoms with Gasteiger partial charge in [-0.3, -0.25) is 9.69 Å². The second-order valence-electron chi connectivity index (χ2n) is 8.25. The summed E-state index contributed by atoms with van der Waals surface area (Å²) in [5.74, 6) is 1.76. The van der Waals surface area contributed by atoms with Crippen molar-refractivity contribution in [1.29, 1.82) is 0 Å². The fourth-order valence-electron chi connectivity index (χ4n) is 5.85. The summed E-state index contributed by atoms with van der Waals surface area (Å²) >= 11 is 0. The van der Waals surface area contributed by atoms with Gasteiger partial charge in [0.25, 0.3) is 0 Å². The maximum atomic E-state index is 13.4. The predicted molar refractivity (Wildman–Crippen MR) is 96.3 cm³/mol. The van der Waals surface area contributed by atoms with Crippen LogP contribution in [0.4, 0.5) is 0 Å². The molecule has 4 heteroatoms. The van der Waals surface area contributed by atoms with Gasteiger partial charge >= 0.3 is 0 Å². The van der Waals surface area contributed by atoms with Crippen LogP contribution in [-0.2, 0) is 9.53 Å². The smallest absolute Gasteiger partial charge is 0.226 e. The van der Waals surface area contributed by atoms with E-state index >= 15 is 0 Å². The first-order valence-electron chi connectivity index (χ1n) is 10.00. The molecular weight excluding hydrogens is 312 g/mol. The van der Waals surface area contributed by atoms with E-state index < -0.39 is 0 Å². The average molecular weight is 340 g/mol. The Morgan fingerprint density at radius 1 is 0.960 bits per heavy atom. The Balaban J connectivity index is 1.46. The molecule has 5 heterocycles. The third kappa shape index (κ3) is 2.61. The van der Waals surface area contributed by atoms with Crippen LogP contribution in [-0.4, -0.2) is 60.6 Å². The maximum Gasteiger partial charge on any atom is 0.226 e. The summed E-state index contributed by atoms with van der Waals surface area (Å²) < 4.78 is 5.48. The number of rotatable bonds is 2. The highest BCUT2D eigenvalue weighted by Gasteiger charge is 2.55. The van der Waals surface area contributed by atoms with Crippen molar-refractivity contribution >= 4 is 5.91 Å². The fraction of sp³-hybridized carbons (Fsp3) is 0.667. The number of hydrogen-bond donors (Lipinski definition) is 0. The molecule has 3 atom stereocenters. The van der Waals surface area contributed by atoms with Crippen molar-refractivity contribution in [2.24, 2.45) is 11.8 Å². The van der Waals surface area contributed by atoms with Crippen LogP contribution in [0.3, 0.4) is 0 Å². The first-order valence-corrected chi connectivity index (χ1v) is 10.00. The van der Waals surface area contributed by atoms with Crippen molar-refractivity contribution in [2.45, 2.75) is 43.7 Å².